The minimum atomic E-state index is -0.128. The second kappa shape index (κ2) is 6.74. The van der Waals surface area contributed by atoms with Gasteiger partial charge in [-0.3, -0.25) is 14.8 Å². The van der Waals surface area contributed by atoms with Crippen LogP contribution in [0.15, 0.2) is 42.9 Å². The molecule has 1 aromatic carbocycles. The van der Waals surface area contributed by atoms with Crippen molar-refractivity contribution in [3.63, 3.8) is 0 Å². The van der Waals surface area contributed by atoms with Crippen LogP contribution in [0.25, 0.3) is 22.2 Å². The molecule has 0 atom stereocenters. The molecule has 0 aliphatic carbocycles. The average molecular weight is 355 g/mol. The molecule has 25 heavy (non-hydrogen) atoms. The van der Waals surface area contributed by atoms with E-state index < -0.39 is 0 Å². The van der Waals surface area contributed by atoms with Crippen molar-refractivity contribution in [3.8, 4) is 11.1 Å². The molecule has 1 fully saturated rings. The van der Waals surface area contributed by atoms with E-state index in [2.05, 4.69) is 15.0 Å². The Morgan fingerprint density at radius 1 is 1.08 bits per heavy atom. The van der Waals surface area contributed by atoms with Crippen molar-refractivity contribution < 1.29 is 9.53 Å². The molecular formula is C18H15ClN4O2. The Bertz CT molecular complexity index is 924. The number of hydrogen-bond donors (Lipinski definition) is 0. The molecule has 2 aromatic heterocycles. The monoisotopic (exact) mass is 354 g/mol. The second-order valence-corrected chi connectivity index (χ2v) is 6.16. The van der Waals surface area contributed by atoms with Crippen molar-refractivity contribution in [2.45, 2.75) is 0 Å². The largest absolute Gasteiger partial charge is 0.378 e. The summed E-state index contributed by atoms with van der Waals surface area (Å²) in [6.45, 7) is 2.23. The second-order valence-electron chi connectivity index (χ2n) is 5.72. The maximum absolute atomic E-state index is 12.7. The summed E-state index contributed by atoms with van der Waals surface area (Å²) < 4.78 is 5.29. The van der Waals surface area contributed by atoms with E-state index in [4.69, 9.17) is 16.3 Å². The lowest BCUT2D eigenvalue weighted by Gasteiger charge is -2.26. The van der Waals surface area contributed by atoms with Crippen LogP contribution in [0.2, 0.25) is 5.02 Å². The molecule has 0 saturated carbocycles. The van der Waals surface area contributed by atoms with E-state index in [1.807, 2.05) is 24.3 Å². The van der Waals surface area contributed by atoms with Gasteiger partial charge in [-0.25, -0.2) is 4.98 Å². The Balaban J connectivity index is 1.77. The molecule has 0 spiro atoms. The minimum Gasteiger partial charge on any atom is -0.378 e. The number of halogens is 1. The summed E-state index contributed by atoms with van der Waals surface area (Å²) in [6, 6.07) is 7.42. The van der Waals surface area contributed by atoms with Crippen LogP contribution < -0.4 is 0 Å². The molecule has 3 aromatic rings. The van der Waals surface area contributed by atoms with E-state index in [9.17, 15) is 4.79 Å². The van der Waals surface area contributed by atoms with Gasteiger partial charge in [-0.05, 0) is 17.7 Å². The summed E-state index contributed by atoms with van der Waals surface area (Å²) in [5, 5.41) is 0.659. The fraction of sp³-hybridized carbons (Fsp3) is 0.222. The number of morpholine rings is 1. The maximum atomic E-state index is 12.7. The first-order valence-electron chi connectivity index (χ1n) is 7.96. The summed E-state index contributed by atoms with van der Waals surface area (Å²) >= 11 is 5.97. The number of fused-ring (bicyclic) bond motifs is 1. The van der Waals surface area contributed by atoms with Crippen LogP contribution in [0.3, 0.4) is 0 Å². The number of ether oxygens (including phenoxy) is 1. The molecule has 1 saturated heterocycles. The predicted octanol–water partition coefficient (Wildman–Crippen LogP) is 2.82. The average Bonchev–Trinajstić information content (AvgIpc) is 2.68. The van der Waals surface area contributed by atoms with Crippen molar-refractivity contribution in [3.05, 3.63) is 53.6 Å². The molecule has 0 unspecified atom stereocenters. The number of carbonyl (C=O) groups excluding carboxylic acids is 1. The Kier molecular flexibility index (Phi) is 4.29. The highest BCUT2D eigenvalue weighted by Gasteiger charge is 2.21. The van der Waals surface area contributed by atoms with E-state index in [1.54, 1.807) is 17.3 Å². The standard InChI is InChI=1S/C18H15ClN4O2/c19-13-3-1-12(2-4-13)14-9-20-10-15-17(14)22-16(11-21-15)18(24)23-5-7-25-8-6-23/h1-4,9-11H,5-8H2. The molecular weight excluding hydrogens is 340 g/mol. The van der Waals surface area contributed by atoms with Gasteiger partial charge in [-0.1, -0.05) is 23.7 Å². The quantitative estimate of drug-likeness (QED) is 0.708. The topological polar surface area (TPSA) is 68.2 Å². The number of rotatable bonds is 2. The van der Waals surface area contributed by atoms with Gasteiger partial charge in [0.1, 0.15) is 16.7 Å². The highest BCUT2D eigenvalue weighted by Crippen LogP contribution is 2.26. The first-order valence-corrected chi connectivity index (χ1v) is 8.34. The highest BCUT2D eigenvalue weighted by molar-refractivity contribution is 6.30. The van der Waals surface area contributed by atoms with Crippen molar-refractivity contribution in [1.82, 2.24) is 19.9 Å². The molecule has 0 N–H and O–H groups in total. The summed E-state index contributed by atoms with van der Waals surface area (Å²) in [5.41, 5.74) is 3.37. The number of pyridine rings is 1. The smallest absolute Gasteiger partial charge is 0.274 e. The third kappa shape index (κ3) is 3.18. The van der Waals surface area contributed by atoms with Gasteiger partial charge in [0.2, 0.25) is 0 Å². The van der Waals surface area contributed by atoms with E-state index in [0.717, 1.165) is 11.1 Å². The third-order valence-electron chi connectivity index (χ3n) is 4.13. The first kappa shape index (κ1) is 15.9. The van der Waals surface area contributed by atoms with Crippen molar-refractivity contribution in [1.29, 1.82) is 0 Å². The van der Waals surface area contributed by atoms with Gasteiger partial charge >= 0.3 is 0 Å². The third-order valence-corrected chi connectivity index (χ3v) is 4.38. The van der Waals surface area contributed by atoms with E-state index in [0.29, 0.717) is 48.1 Å². The van der Waals surface area contributed by atoms with Crippen LogP contribution in [0.4, 0.5) is 0 Å². The molecule has 1 amide bonds. The van der Waals surface area contributed by atoms with Crippen LogP contribution >= 0.6 is 11.6 Å². The van der Waals surface area contributed by atoms with Gasteiger partial charge in [-0.15, -0.1) is 0 Å². The molecule has 126 valence electrons. The summed E-state index contributed by atoms with van der Waals surface area (Å²) in [6.07, 6.45) is 4.88. The van der Waals surface area contributed by atoms with Crippen LogP contribution in [-0.2, 0) is 4.74 Å². The van der Waals surface area contributed by atoms with Crippen LogP contribution in [0.5, 0.6) is 0 Å². The Hall–Kier alpha value is -2.57. The van der Waals surface area contributed by atoms with Gasteiger partial charge in [-0.2, -0.15) is 0 Å². The molecule has 0 bridgehead atoms. The van der Waals surface area contributed by atoms with E-state index >= 15 is 0 Å². The van der Waals surface area contributed by atoms with Gasteiger partial charge in [0.25, 0.3) is 5.91 Å². The molecule has 7 heteroatoms. The van der Waals surface area contributed by atoms with Crippen LogP contribution in [-0.4, -0.2) is 52.1 Å². The summed E-state index contributed by atoms with van der Waals surface area (Å²) in [4.78, 5) is 27.6. The number of benzene rings is 1. The van der Waals surface area contributed by atoms with E-state index in [1.165, 1.54) is 6.20 Å². The predicted molar refractivity (Wildman–Crippen MR) is 94.5 cm³/mol. The maximum Gasteiger partial charge on any atom is 0.274 e. The summed E-state index contributed by atoms with van der Waals surface area (Å²) in [7, 11) is 0. The van der Waals surface area contributed by atoms with Crippen molar-refractivity contribution >= 4 is 28.5 Å². The zero-order valence-electron chi connectivity index (χ0n) is 13.4. The van der Waals surface area contributed by atoms with E-state index in [-0.39, 0.29) is 5.91 Å². The molecule has 1 aliphatic heterocycles. The zero-order chi connectivity index (χ0) is 17.2. The Morgan fingerprint density at radius 2 is 1.84 bits per heavy atom. The van der Waals surface area contributed by atoms with Gasteiger partial charge in [0, 0.05) is 29.9 Å². The van der Waals surface area contributed by atoms with Gasteiger partial charge in [0.15, 0.2) is 0 Å². The zero-order valence-corrected chi connectivity index (χ0v) is 14.1. The molecule has 3 heterocycles. The number of aromatic nitrogens is 3. The number of amides is 1. The van der Waals surface area contributed by atoms with Crippen molar-refractivity contribution in [2.24, 2.45) is 0 Å². The molecule has 6 nitrogen and oxygen atoms in total. The Labute approximate surface area is 149 Å². The highest BCUT2D eigenvalue weighted by atomic mass is 35.5. The SMILES string of the molecule is O=C(c1cnc2cncc(-c3ccc(Cl)cc3)c2n1)N1CCOCC1. The lowest BCUT2D eigenvalue weighted by atomic mass is 10.1. The fourth-order valence-electron chi connectivity index (χ4n) is 2.81. The minimum absolute atomic E-state index is 0.128. The fourth-order valence-corrected chi connectivity index (χ4v) is 2.93. The molecule has 1 aliphatic rings. The number of carbonyl (C=O) groups is 1. The van der Waals surface area contributed by atoms with Crippen LogP contribution in [0, 0.1) is 0 Å². The lowest BCUT2D eigenvalue weighted by molar-refractivity contribution is 0.0299. The van der Waals surface area contributed by atoms with Crippen LogP contribution in [0.1, 0.15) is 10.5 Å². The van der Waals surface area contributed by atoms with Gasteiger partial charge in [0.05, 0.1) is 25.6 Å². The summed E-state index contributed by atoms with van der Waals surface area (Å²) in [5.74, 6) is -0.128. The molecule has 4 rings (SSSR count). The first-order chi connectivity index (χ1) is 12.2. The lowest BCUT2D eigenvalue weighted by Crippen LogP contribution is -2.41. The normalized spacial score (nSPS) is 14.7. The molecule has 0 radical (unpaired) electrons. The van der Waals surface area contributed by atoms with Crippen molar-refractivity contribution in [2.75, 3.05) is 26.3 Å². The number of nitrogens with zero attached hydrogens (tertiary/aromatic N) is 4. The van der Waals surface area contributed by atoms with Gasteiger partial charge < -0.3 is 9.64 Å². The number of hydrogen-bond acceptors (Lipinski definition) is 5. The Morgan fingerprint density at radius 3 is 2.60 bits per heavy atom.